The highest BCUT2D eigenvalue weighted by Crippen LogP contribution is 2.18. The number of carboxylic acid groups (broad SMARTS) is 1. The average molecular weight is 314 g/mol. The first kappa shape index (κ1) is 17.5. The van der Waals surface area contributed by atoms with Crippen molar-refractivity contribution in [2.75, 3.05) is 18.8 Å². The highest BCUT2D eigenvalue weighted by molar-refractivity contribution is 7.99. The first-order valence-electron chi connectivity index (χ1n) is 7.07. The fourth-order valence-electron chi connectivity index (χ4n) is 1.98. The number of aromatic nitrogens is 3. The number of carbonyl (C=O) groups excluding carboxylic acids is 1. The molecule has 0 bridgehead atoms. The van der Waals surface area contributed by atoms with E-state index in [4.69, 9.17) is 5.11 Å². The number of carboxylic acids is 1. The maximum Gasteiger partial charge on any atom is 0.313 e. The lowest BCUT2D eigenvalue weighted by atomic mass is 10.3. The normalized spacial score (nSPS) is 10.6. The molecular formula is C13H22N4O3S. The van der Waals surface area contributed by atoms with E-state index < -0.39 is 5.97 Å². The van der Waals surface area contributed by atoms with Gasteiger partial charge in [-0.3, -0.25) is 9.59 Å². The van der Waals surface area contributed by atoms with Crippen molar-refractivity contribution >= 4 is 23.6 Å². The molecule has 0 saturated heterocycles. The predicted molar refractivity (Wildman–Crippen MR) is 80.3 cm³/mol. The van der Waals surface area contributed by atoms with Crippen LogP contribution in [0.15, 0.2) is 5.16 Å². The number of thioether (sulfide) groups is 1. The van der Waals surface area contributed by atoms with Crippen LogP contribution in [0.25, 0.3) is 0 Å². The van der Waals surface area contributed by atoms with Crippen LogP contribution in [0.4, 0.5) is 0 Å². The summed E-state index contributed by atoms with van der Waals surface area (Å²) in [7, 11) is 0. The number of carbonyl (C=O) groups is 2. The van der Waals surface area contributed by atoms with Crippen LogP contribution in [0.5, 0.6) is 0 Å². The third-order valence-electron chi connectivity index (χ3n) is 3.10. The Hall–Kier alpha value is -1.57. The summed E-state index contributed by atoms with van der Waals surface area (Å²) in [6, 6.07) is 0. The average Bonchev–Trinajstić information content (AvgIpc) is 2.86. The zero-order chi connectivity index (χ0) is 15.8. The minimum Gasteiger partial charge on any atom is -0.481 e. The number of amides is 1. The molecule has 8 heteroatoms. The van der Waals surface area contributed by atoms with Gasteiger partial charge in [0.1, 0.15) is 5.82 Å². The van der Waals surface area contributed by atoms with Gasteiger partial charge < -0.3 is 14.6 Å². The van der Waals surface area contributed by atoms with Gasteiger partial charge in [-0.25, -0.2) is 0 Å². The molecule has 0 aliphatic heterocycles. The topological polar surface area (TPSA) is 88.3 Å². The molecule has 1 rings (SSSR count). The van der Waals surface area contributed by atoms with E-state index in [9.17, 15) is 9.59 Å². The standard InChI is InChI=1S/C13H22N4O3S/c1-4-10-14-15-13(21-9-12(19)20)17(10)8-7-11(18)16(5-2)6-3/h4-9H2,1-3H3,(H,19,20). The molecule has 0 aliphatic rings. The van der Waals surface area contributed by atoms with Crippen LogP contribution < -0.4 is 0 Å². The molecule has 0 radical (unpaired) electrons. The van der Waals surface area contributed by atoms with Crippen LogP contribution in [-0.2, 0) is 22.6 Å². The molecule has 1 heterocycles. The first-order valence-corrected chi connectivity index (χ1v) is 8.06. The van der Waals surface area contributed by atoms with Crippen molar-refractivity contribution in [1.29, 1.82) is 0 Å². The second-order valence-electron chi connectivity index (χ2n) is 4.40. The number of nitrogens with zero attached hydrogens (tertiary/aromatic N) is 4. The van der Waals surface area contributed by atoms with Crippen LogP contribution in [0, 0.1) is 0 Å². The van der Waals surface area contributed by atoms with Crippen molar-refractivity contribution in [2.45, 2.75) is 45.3 Å². The molecular weight excluding hydrogens is 292 g/mol. The minimum absolute atomic E-state index is 0.0637. The van der Waals surface area contributed by atoms with Crippen molar-refractivity contribution in [2.24, 2.45) is 0 Å². The van der Waals surface area contributed by atoms with Crippen molar-refractivity contribution < 1.29 is 14.7 Å². The zero-order valence-electron chi connectivity index (χ0n) is 12.7. The van der Waals surface area contributed by atoms with Crippen molar-refractivity contribution in [3.8, 4) is 0 Å². The Morgan fingerprint density at radius 1 is 1.24 bits per heavy atom. The van der Waals surface area contributed by atoms with E-state index in [1.165, 1.54) is 0 Å². The van der Waals surface area contributed by atoms with Gasteiger partial charge in [0.25, 0.3) is 0 Å². The van der Waals surface area contributed by atoms with Crippen LogP contribution in [-0.4, -0.2) is 55.5 Å². The van der Waals surface area contributed by atoms with Gasteiger partial charge in [0.05, 0.1) is 5.75 Å². The number of rotatable bonds is 9. The Morgan fingerprint density at radius 3 is 2.43 bits per heavy atom. The monoisotopic (exact) mass is 314 g/mol. The van der Waals surface area contributed by atoms with Gasteiger partial charge in [-0.2, -0.15) is 0 Å². The van der Waals surface area contributed by atoms with E-state index in [1.807, 2.05) is 25.3 Å². The molecule has 0 atom stereocenters. The fraction of sp³-hybridized carbons (Fsp3) is 0.692. The SMILES string of the molecule is CCc1nnc(SCC(=O)O)n1CCC(=O)N(CC)CC. The Labute approximate surface area is 128 Å². The first-order chi connectivity index (χ1) is 10.0. The van der Waals surface area contributed by atoms with Crippen molar-refractivity contribution in [3.05, 3.63) is 5.82 Å². The Bertz CT molecular complexity index is 486. The van der Waals surface area contributed by atoms with Crippen LogP contribution in [0.2, 0.25) is 0 Å². The summed E-state index contributed by atoms with van der Waals surface area (Å²) in [5.74, 6) is -0.0988. The lowest BCUT2D eigenvalue weighted by molar-refractivity contribution is -0.134. The maximum atomic E-state index is 12.0. The molecule has 1 N–H and O–H groups in total. The van der Waals surface area contributed by atoms with Gasteiger partial charge in [0, 0.05) is 32.5 Å². The third kappa shape index (κ3) is 5.04. The summed E-state index contributed by atoms with van der Waals surface area (Å²) in [5, 5.41) is 17.4. The minimum atomic E-state index is -0.896. The van der Waals surface area contributed by atoms with E-state index in [0.717, 1.165) is 17.6 Å². The van der Waals surface area contributed by atoms with Crippen LogP contribution in [0.1, 0.15) is 33.0 Å². The quantitative estimate of drug-likeness (QED) is 0.691. The molecule has 0 fully saturated rings. The molecule has 118 valence electrons. The van der Waals surface area contributed by atoms with Crippen LogP contribution in [0.3, 0.4) is 0 Å². The summed E-state index contributed by atoms with van der Waals surface area (Å²) in [5.41, 5.74) is 0. The van der Waals surface area contributed by atoms with Gasteiger partial charge in [-0.05, 0) is 13.8 Å². The number of aliphatic carboxylic acids is 1. The number of hydrogen-bond acceptors (Lipinski definition) is 5. The zero-order valence-corrected chi connectivity index (χ0v) is 13.5. The molecule has 0 aliphatic carbocycles. The highest BCUT2D eigenvalue weighted by atomic mass is 32.2. The number of aryl methyl sites for hydroxylation is 1. The van der Waals surface area contributed by atoms with E-state index >= 15 is 0 Å². The summed E-state index contributed by atoms with van der Waals surface area (Å²) < 4.78 is 1.84. The third-order valence-corrected chi connectivity index (χ3v) is 4.05. The smallest absolute Gasteiger partial charge is 0.313 e. The molecule has 0 unspecified atom stereocenters. The van der Waals surface area contributed by atoms with Gasteiger partial charge in [0.15, 0.2) is 5.16 Å². The van der Waals surface area contributed by atoms with Gasteiger partial charge >= 0.3 is 5.97 Å². The van der Waals surface area contributed by atoms with Crippen molar-refractivity contribution in [1.82, 2.24) is 19.7 Å². The molecule has 0 aromatic carbocycles. The maximum absolute atomic E-state index is 12.0. The van der Waals surface area contributed by atoms with Gasteiger partial charge in [0.2, 0.25) is 5.91 Å². The summed E-state index contributed by atoms with van der Waals surface area (Å²) in [6.45, 7) is 7.72. The summed E-state index contributed by atoms with van der Waals surface area (Å²) in [6.07, 6.45) is 1.06. The lowest BCUT2D eigenvalue weighted by Gasteiger charge is -2.19. The summed E-state index contributed by atoms with van der Waals surface area (Å²) >= 11 is 1.13. The molecule has 1 aromatic rings. The lowest BCUT2D eigenvalue weighted by Crippen LogP contribution is -2.31. The second kappa shape index (κ2) is 8.66. The van der Waals surface area contributed by atoms with Crippen molar-refractivity contribution in [3.63, 3.8) is 0 Å². The predicted octanol–water partition coefficient (Wildman–Crippen LogP) is 1.28. The molecule has 0 saturated carbocycles. The Balaban J connectivity index is 2.73. The molecule has 1 aromatic heterocycles. The number of hydrogen-bond donors (Lipinski definition) is 1. The van der Waals surface area contributed by atoms with Crippen LogP contribution >= 0.6 is 11.8 Å². The van der Waals surface area contributed by atoms with E-state index in [2.05, 4.69) is 10.2 Å². The summed E-state index contributed by atoms with van der Waals surface area (Å²) in [4.78, 5) is 24.5. The Kier molecular flexibility index (Phi) is 7.21. The van der Waals surface area contributed by atoms with Gasteiger partial charge in [-0.1, -0.05) is 18.7 Å². The highest BCUT2D eigenvalue weighted by Gasteiger charge is 2.15. The van der Waals surface area contributed by atoms with E-state index in [-0.39, 0.29) is 11.7 Å². The van der Waals surface area contributed by atoms with E-state index in [1.54, 1.807) is 4.90 Å². The molecule has 21 heavy (non-hydrogen) atoms. The largest absolute Gasteiger partial charge is 0.481 e. The van der Waals surface area contributed by atoms with E-state index in [0.29, 0.717) is 37.6 Å². The van der Waals surface area contributed by atoms with Gasteiger partial charge in [-0.15, -0.1) is 10.2 Å². The molecule has 7 nitrogen and oxygen atoms in total. The second-order valence-corrected chi connectivity index (χ2v) is 5.34. The fourth-order valence-corrected chi connectivity index (χ4v) is 2.68. The molecule has 1 amide bonds. The Morgan fingerprint density at radius 2 is 1.90 bits per heavy atom. The molecule has 0 spiro atoms.